The predicted molar refractivity (Wildman–Crippen MR) is 55.3 cm³/mol. The van der Waals surface area contributed by atoms with Crippen molar-refractivity contribution in [1.82, 2.24) is 0 Å². The first-order valence-corrected chi connectivity index (χ1v) is 4.78. The summed E-state index contributed by atoms with van der Waals surface area (Å²) in [5, 5.41) is 17.3. The SMILES string of the molecule is O=C(O)c1ccccc1O.O=C1CCCO1. The number of benzene rings is 1. The third-order valence-corrected chi connectivity index (χ3v) is 1.92. The molecule has 0 unspecified atom stereocenters. The van der Waals surface area contributed by atoms with Gasteiger partial charge in [-0.25, -0.2) is 4.79 Å². The van der Waals surface area contributed by atoms with Crippen molar-refractivity contribution in [3.05, 3.63) is 29.8 Å². The zero-order valence-corrected chi connectivity index (χ0v) is 8.55. The fraction of sp³-hybridized carbons (Fsp3) is 0.273. The first-order chi connectivity index (χ1) is 7.61. The molecule has 1 aliphatic rings. The van der Waals surface area contributed by atoms with Crippen molar-refractivity contribution in [1.29, 1.82) is 0 Å². The first kappa shape index (κ1) is 12.0. The molecule has 2 rings (SSSR count). The Bertz CT molecular complexity index is 378. The Morgan fingerprint density at radius 2 is 2.00 bits per heavy atom. The molecular formula is C11H12O5. The molecule has 0 saturated carbocycles. The fourth-order valence-corrected chi connectivity index (χ4v) is 1.13. The van der Waals surface area contributed by atoms with Crippen molar-refractivity contribution in [2.75, 3.05) is 6.61 Å². The zero-order valence-electron chi connectivity index (χ0n) is 8.55. The van der Waals surface area contributed by atoms with Crippen molar-refractivity contribution in [3.63, 3.8) is 0 Å². The first-order valence-electron chi connectivity index (χ1n) is 4.78. The maximum Gasteiger partial charge on any atom is 0.339 e. The molecule has 0 aromatic heterocycles. The summed E-state index contributed by atoms with van der Waals surface area (Å²) >= 11 is 0. The van der Waals surface area contributed by atoms with Gasteiger partial charge < -0.3 is 14.9 Å². The van der Waals surface area contributed by atoms with E-state index >= 15 is 0 Å². The number of aromatic hydroxyl groups is 1. The summed E-state index contributed by atoms with van der Waals surface area (Å²) in [6.07, 6.45) is 1.54. The molecule has 0 radical (unpaired) electrons. The van der Waals surface area contributed by atoms with Crippen LogP contribution < -0.4 is 0 Å². The van der Waals surface area contributed by atoms with E-state index in [1.807, 2.05) is 0 Å². The quantitative estimate of drug-likeness (QED) is 0.704. The Kier molecular flexibility index (Phi) is 4.32. The Labute approximate surface area is 92.3 Å². The van der Waals surface area contributed by atoms with Gasteiger partial charge in [-0.2, -0.15) is 0 Å². The average molecular weight is 224 g/mol. The second-order valence-electron chi connectivity index (χ2n) is 3.15. The number of hydrogen-bond donors (Lipinski definition) is 2. The van der Waals surface area contributed by atoms with E-state index in [9.17, 15) is 9.59 Å². The summed E-state index contributed by atoms with van der Waals surface area (Å²) in [5.74, 6) is -1.36. The van der Waals surface area contributed by atoms with Crippen molar-refractivity contribution in [3.8, 4) is 5.75 Å². The molecule has 0 amide bonds. The summed E-state index contributed by atoms with van der Waals surface area (Å²) in [4.78, 5) is 20.3. The van der Waals surface area contributed by atoms with Crippen molar-refractivity contribution < 1.29 is 24.5 Å². The van der Waals surface area contributed by atoms with Crippen LogP contribution in [0.4, 0.5) is 0 Å². The third-order valence-electron chi connectivity index (χ3n) is 1.92. The number of aromatic carboxylic acids is 1. The van der Waals surface area contributed by atoms with Crippen LogP contribution in [0.1, 0.15) is 23.2 Å². The summed E-state index contributed by atoms with van der Waals surface area (Å²) < 4.78 is 4.51. The van der Waals surface area contributed by atoms with Crippen LogP contribution in [0.2, 0.25) is 0 Å². The second kappa shape index (κ2) is 5.75. The topological polar surface area (TPSA) is 83.8 Å². The Morgan fingerprint density at radius 3 is 2.31 bits per heavy atom. The highest BCUT2D eigenvalue weighted by molar-refractivity contribution is 5.90. The normalized spacial score (nSPS) is 13.6. The molecule has 1 aliphatic heterocycles. The van der Waals surface area contributed by atoms with Crippen LogP contribution >= 0.6 is 0 Å². The predicted octanol–water partition coefficient (Wildman–Crippen LogP) is 1.41. The lowest BCUT2D eigenvalue weighted by atomic mass is 10.2. The van der Waals surface area contributed by atoms with Crippen molar-refractivity contribution >= 4 is 11.9 Å². The lowest BCUT2D eigenvalue weighted by Gasteiger charge is -1.95. The third kappa shape index (κ3) is 3.61. The van der Waals surface area contributed by atoms with E-state index in [1.165, 1.54) is 12.1 Å². The van der Waals surface area contributed by atoms with Gasteiger partial charge in [-0.3, -0.25) is 4.79 Å². The van der Waals surface area contributed by atoms with Crippen LogP contribution in [0, 0.1) is 0 Å². The second-order valence-corrected chi connectivity index (χ2v) is 3.15. The number of carboxylic acid groups (broad SMARTS) is 1. The smallest absolute Gasteiger partial charge is 0.339 e. The molecule has 0 spiro atoms. The van der Waals surface area contributed by atoms with Crippen LogP contribution in [0.25, 0.3) is 0 Å². The van der Waals surface area contributed by atoms with Gasteiger partial charge in [0.1, 0.15) is 11.3 Å². The number of para-hydroxylation sites is 1. The molecule has 1 saturated heterocycles. The zero-order chi connectivity index (χ0) is 12.0. The van der Waals surface area contributed by atoms with E-state index < -0.39 is 5.97 Å². The number of carboxylic acids is 1. The Morgan fingerprint density at radius 1 is 1.31 bits per heavy atom. The molecule has 1 fully saturated rings. The van der Waals surface area contributed by atoms with Gasteiger partial charge in [0.25, 0.3) is 0 Å². The molecule has 0 atom stereocenters. The van der Waals surface area contributed by atoms with Gasteiger partial charge in [0.2, 0.25) is 0 Å². The van der Waals surface area contributed by atoms with Crippen LogP contribution in [-0.2, 0) is 9.53 Å². The molecule has 0 bridgehead atoms. The van der Waals surface area contributed by atoms with Crippen molar-refractivity contribution in [2.45, 2.75) is 12.8 Å². The number of carbonyl (C=O) groups excluding carboxylic acids is 1. The lowest BCUT2D eigenvalue weighted by molar-refractivity contribution is -0.137. The van der Waals surface area contributed by atoms with Crippen LogP contribution in [0.5, 0.6) is 5.75 Å². The fourth-order valence-electron chi connectivity index (χ4n) is 1.13. The van der Waals surface area contributed by atoms with Gasteiger partial charge in [0, 0.05) is 6.42 Å². The van der Waals surface area contributed by atoms with Crippen molar-refractivity contribution in [2.24, 2.45) is 0 Å². The standard InChI is InChI=1S/C7H6O3.C4H6O2/c8-6-4-2-1-3-5(6)7(9)10;5-4-2-1-3-6-4/h1-4,8H,(H,9,10);1-3H2. The van der Waals surface area contributed by atoms with E-state index in [2.05, 4.69) is 4.74 Å². The Balaban J connectivity index is 0.000000181. The molecule has 1 heterocycles. The van der Waals surface area contributed by atoms with E-state index in [1.54, 1.807) is 12.1 Å². The summed E-state index contributed by atoms with van der Waals surface area (Å²) in [6, 6.07) is 5.81. The largest absolute Gasteiger partial charge is 0.507 e. The minimum absolute atomic E-state index is 0.0463. The van der Waals surface area contributed by atoms with Gasteiger partial charge in [-0.15, -0.1) is 0 Å². The highest BCUT2D eigenvalue weighted by atomic mass is 16.5. The van der Waals surface area contributed by atoms with Gasteiger partial charge in [-0.1, -0.05) is 12.1 Å². The molecule has 5 nitrogen and oxygen atoms in total. The number of ether oxygens (including phenoxy) is 1. The Hall–Kier alpha value is -2.04. The molecule has 86 valence electrons. The number of hydrogen-bond acceptors (Lipinski definition) is 4. The van der Waals surface area contributed by atoms with E-state index in [4.69, 9.17) is 10.2 Å². The van der Waals surface area contributed by atoms with E-state index in [-0.39, 0.29) is 17.3 Å². The molecule has 16 heavy (non-hydrogen) atoms. The number of carbonyl (C=O) groups is 2. The maximum absolute atomic E-state index is 10.3. The number of esters is 1. The lowest BCUT2D eigenvalue weighted by Crippen LogP contribution is -1.95. The van der Waals surface area contributed by atoms with E-state index in [0.717, 1.165) is 6.42 Å². The van der Waals surface area contributed by atoms with Crippen LogP contribution in [0.3, 0.4) is 0 Å². The summed E-state index contributed by atoms with van der Waals surface area (Å²) in [5.41, 5.74) is -0.0671. The van der Waals surface area contributed by atoms with Crippen LogP contribution in [0.15, 0.2) is 24.3 Å². The molecule has 2 N–H and O–H groups in total. The molecular weight excluding hydrogens is 212 g/mol. The van der Waals surface area contributed by atoms with Gasteiger partial charge in [0.05, 0.1) is 6.61 Å². The summed E-state index contributed by atoms with van der Waals surface area (Å²) in [7, 11) is 0. The number of cyclic esters (lactones) is 1. The van der Waals surface area contributed by atoms with Crippen LogP contribution in [-0.4, -0.2) is 28.8 Å². The molecule has 1 aromatic carbocycles. The average Bonchev–Trinajstić information content (AvgIpc) is 2.70. The van der Waals surface area contributed by atoms with Gasteiger partial charge in [0.15, 0.2) is 0 Å². The van der Waals surface area contributed by atoms with Gasteiger partial charge in [-0.05, 0) is 18.6 Å². The van der Waals surface area contributed by atoms with Gasteiger partial charge >= 0.3 is 11.9 Å². The number of rotatable bonds is 1. The summed E-state index contributed by atoms with van der Waals surface area (Å²) in [6.45, 7) is 0.638. The maximum atomic E-state index is 10.3. The molecule has 1 aromatic rings. The number of phenols is 1. The molecule has 0 aliphatic carbocycles. The highest BCUT2D eigenvalue weighted by Crippen LogP contribution is 2.14. The monoisotopic (exact) mass is 224 g/mol. The highest BCUT2D eigenvalue weighted by Gasteiger charge is 2.08. The minimum atomic E-state index is -1.11. The minimum Gasteiger partial charge on any atom is -0.507 e. The van der Waals surface area contributed by atoms with E-state index in [0.29, 0.717) is 13.0 Å². The molecule has 5 heteroatoms.